The second-order valence-electron chi connectivity index (χ2n) is 16.9. The van der Waals surface area contributed by atoms with Gasteiger partial charge in [-0.1, -0.05) is 176 Å². The van der Waals surface area contributed by atoms with E-state index >= 15 is 0 Å². The molecule has 2 aromatic heterocycles. The third-order valence-corrected chi connectivity index (χ3v) is 13.2. The molecule has 0 fully saturated rings. The van der Waals surface area contributed by atoms with Crippen molar-refractivity contribution in [2.45, 2.75) is 0 Å². The molecule has 0 amide bonds. The SMILES string of the molecule is c1cc(-c2ccc(-c3ccc(N(c4ccc(-c5cccc6oc7ccccc7c56)cc4)c4cccc5ccc6ccccc6c45)cc3)cc2)cc(-n2c3ccccc3c3ccccc32)c1. The first-order valence-corrected chi connectivity index (χ1v) is 22.2. The zero-order valence-electron chi connectivity index (χ0n) is 35.4. The Bertz CT molecular complexity index is 3880. The molecule has 0 aliphatic heterocycles. The van der Waals surface area contributed by atoms with Crippen molar-refractivity contribution in [1.82, 2.24) is 4.57 Å². The highest BCUT2D eigenvalue weighted by molar-refractivity contribution is 6.16. The largest absolute Gasteiger partial charge is 0.456 e. The molecule has 304 valence electrons. The summed E-state index contributed by atoms with van der Waals surface area (Å²) in [6.07, 6.45) is 0. The lowest BCUT2D eigenvalue weighted by Crippen LogP contribution is -2.10. The first-order valence-electron chi connectivity index (χ1n) is 22.2. The molecule has 11 aromatic carbocycles. The fourth-order valence-corrected chi connectivity index (χ4v) is 10.1. The topological polar surface area (TPSA) is 21.3 Å². The van der Waals surface area contributed by atoms with Crippen LogP contribution in [0.5, 0.6) is 0 Å². The third kappa shape index (κ3) is 6.12. The third-order valence-electron chi connectivity index (χ3n) is 13.2. The van der Waals surface area contributed by atoms with E-state index in [1.807, 2.05) is 12.1 Å². The van der Waals surface area contributed by atoms with Gasteiger partial charge >= 0.3 is 0 Å². The second-order valence-corrected chi connectivity index (χ2v) is 16.9. The lowest BCUT2D eigenvalue weighted by atomic mass is 9.97. The Morgan fingerprint density at radius 1 is 0.323 bits per heavy atom. The summed E-state index contributed by atoms with van der Waals surface area (Å²) in [5.74, 6) is 0. The van der Waals surface area contributed by atoms with Gasteiger partial charge < -0.3 is 13.9 Å². The minimum absolute atomic E-state index is 0.900. The molecular weight excluding hydrogens is 789 g/mol. The van der Waals surface area contributed by atoms with E-state index in [4.69, 9.17) is 4.42 Å². The second kappa shape index (κ2) is 15.0. The average Bonchev–Trinajstić information content (AvgIpc) is 3.93. The van der Waals surface area contributed by atoms with E-state index in [0.29, 0.717) is 0 Å². The van der Waals surface area contributed by atoms with Gasteiger partial charge in [0.25, 0.3) is 0 Å². The molecule has 0 aliphatic carbocycles. The molecule has 0 spiro atoms. The predicted molar refractivity (Wildman–Crippen MR) is 274 cm³/mol. The molecular formula is C62H40N2O. The van der Waals surface area contributed by atoms with Crippen LogP contribution in [0.4, 0.5) is 17.1 Å². The quantitative estimate of drug-likeness (QED) is 0.149. The lowest BCUT2D eigenvalue weighted by molar-refractivity contribution is 0.669. The summed E-state index contributed by atoms with van der Waals surface area (Å²) in [5.41, 5.74) is 15.7. The molecule has 0 bridgehead atoms. The smallest absolute Gasteiger partial charge is 0.136 e. The molecule has 2 heterocycles. The van der Waals surface area contributed by atoms with Crippen LogP contribution in [-0.4, -0.2) is 4.57 Å². The normalized spacial score (nSPS) is 11.7. The zero-order valence-corrected chi connectivity index (χ0v) is 35.4. The molecule has 0 aliphatic rings. The van der Waals surface area contributed by atoms with Crippen LogP contribution in [0.15, 0.2) is 247 Å². The van der Waals surface area contributed by atoms with Crippen LogP contribution in [-0.2, 0) is 0 Å². The summed E-state index contributed by atoms with van der Waals surface area (Å²) in [6.45, 7) is 0. The van der Waals surface area contributed by atoms with Crippen LogP contribution in [0, 0.1) is 0 Å². The molecule has 0 atom stereocenters. The van der Waals surface area contributed by atoms with Gasteiger partial charge in [-0.15, -0.1) is 0 Å². The molecule has 0 saturated heterocycles. The first kappa shape index (κ1) is 36.9. The molecule has 13 rings (SSSR count). The van der Waals surface area contributed by atoms with Crippen molar-refractivity contribution in [3.05, 3.63) is 243 Å². The Morgan fingerprint density at radius 2 is 0.846 bits per heavy atom. The van der Waals surface area contributed by atoms with E-state index in [0.717, 1.165) is 55.8 Å². The molecule has 0 radical (unpaired) electrons. The molecule has 65 heavy (non-hydrogen) atoms. The summed E-state index contributed by atoms with van der Waals surface area (Å²) in [7, 11) is 0. The molecule has 0 N–H and O–H groups in total. The fourth-order valence-electron chi connectivity index (χ4n) is 10.1. The lowest BCUT2D eigenvalue weighted by Gasteiger charge is -2.28. The van der Waals surface area contributed by atoms with Crippen LogP contribution >= 0.6 is 0 Å². The van der Waals surface area contributed by atoms with E-state index in [9.17, 15) is 0 Å². The number of rotatable bonds is 7. The first-order chi connectivity index (χ1) is 32.2. The number of hydrogen-bond acceptors (Lipinski definition) is 2. The Balaban J connectivity index is 0.871. The van der Waals surface area contributed by atoms with Gasteiger partial charge in [0.1, 0.15) is 11.2 Å². The standard InChI is InChI=1S/C62H40N2O/c1-2-16-51-44(12-1)30-31-46-13-10-23-58(61(46)51)63(49-38-34-45(35-39-49)52-20-11-25-60-62(52)55-19-5-8-24-59(55)65-60)48-36-32-42(33-37-48)41-26-28-43(29-27-41)47-14-9-15-50(40-47)64-56-21-6-3-17-53(56)54-18-4-7-22-57(54)64/h1-40H. The number of nitrogens with zero attached hydrogens (tertiary/aromatic N) is 2. The van der Waals surface area contributed by atoms with Crippen LogP contribution in [0.1, 0.15) is 0 Å². The van der Waals surface area contributed by atoms with Crippen LogP contribution in [0.2, 0.25) is 0 Å². The van der Waals surface area contributed by atoms with Crippen molar-refractivity contribution in [3.63, 3.8) is 0 Å². The summed E-state index contributed by atoms with van der Waals surface area (Å²) >= 11 is 0. The predicted octanol–water partition coefficient (Wildman–Crippen LogP) is 17.5. The number of fused-ring (bicyclic) bond motifs is 9. The van der Waals surface area contributed by atoms with Crippen molar-refractivity contribution in [2.75, 3.05) is 4.90 Å². The highest BCUT2D eigenvalue weighted by Crippen LogP contribution is 2.44. The maximum Gasteiger partial charge on any atom is 0.136 e. The van der Waals surface area contributed by atoms with Crippen LogP contribution in [0.3, 0.4) is 0 Å². The number of hydrogen-bond donors (Lipinski definition) is 0. The van der Waals surface area contributed by atoms with Gasteiger partial charge in [0, 0.05) is 44.0 Å². The van der Waals surface area contributed by atoms with Gasteiger partial charge in [-0.05, 0) is 116 Å². The van der Waals surface area contributed by atoms with E-state index in [2.05, 4.69) is 240 Å². The summed E-state index contributed by atoms with van der Waals surface area (Å²) in [6, 6.07) is 87.7. The Hall–Kier alpha value is -8.66. The van der Waals surface area contributed by atoms with Crippen LogP contribution in [0.25, 0.3) is 104 Å². The van der Waals surface area contributed by atoms with E-state index in [1.54, 1.807) is 0 Å². The number of benzene rings is 11. The van der Waals surface area contributed by atoms with Crippen molar-refractivity contribution >= 4 is 82.4 Å². The van der Waals surface area contributed by atoms with Gasteiger partial charge in [-0.2, -0.15) is 0 Å². The van der Waals surface area contributed by atoms with Crippen molar-refractivity contribution in [3.8, 4) is 39.1 Å². The van der Waals surface area contributed by atoms with Gasteiger partial charge in [0.15, 0.2) is 0 Å². The zero-order chi connectivity index (χ0) is 42.8. The highest BCUT2D eigenvalue weighted by Gasteiger charge is 2.19. The maximum atomic E-state index is 6.27. The Morgan fingerprint density at radius 3 is 1.57 bits per heavy atom. The Labute approximate surface area is 376 Å². The maximum absolute atomic E-state index is 6.27. The van der Waals surface area contributed by atoms with Crippen LogP contribution < -0.4 is 4.90 Å². The monoisotopic (exact) mass is 828 g/mol. The van der Waals surface area contributed by atoms with E-state index in [-0.39, 0.29) is 0 Å². The number of para-hydroxylation sites is 3. The van der Waals surface area contributed by atoms with Gasteiger partial charge in [0.2, 0.25) is 0 Å². The molecule has 3 nitrogen and oxygen atoms in total. The molecule has 13 aromatic rings. The highest BCUT2D eigenvalue weighted by atomic mass is 16.3. The minimum Gasteiger partial charge on any atom is -0.456 e. The summed E-state index contributed by atoms with van der Waals surface area (Å²) in [5, 5.41) is 9.70. The van der Waals surface area contributed by atoms with E-state index < -0.39 is 0 Å². The van der Waals surface area contributed by atoms with Crippen molar-refractivity contribution in [1.29, 1.82) is 0 Å². The summed E-state index contributed by atoms with van der Waals surface area (Å²) in [4.78, 5) is 2.41. The molecule has 0 unspecified atom stereocenters. The Kier molecular flexibility index (Phi) is 8.53. The van der Waals surface area contributed by atoms with Gasteiger partial charge in [-0.3, -0.25) is 0 Å². The van der Waals surface area contributed by atoms with Gasteiger partial charge in [-0.25, -0.2) is 0 Å². The molecule has 3 heteroatoms. The summed E-state index contributed by atoms with van der Waals surface area (Å²) < 4.78 is 8.65. The molecule has 0 saturated carbocycles. The average molecular weight is 829 g/mol. The fraction of sp³-hybridized carbons (Fsp3) is 0. The van der Waals surface area contributed by atoms with E-state index in [1.165, 1.54) is 65.6 Å². The number of furan rings is 1. The number of anilines is 3. The minimum atomic E-state index is 0.900. The van der Waals surface area contributed by atoms with Gasteiger partial charge in [0.05, 0.1) is 16.7 Å². The van der Waals surface area contributed by atoms with Crippen molar-refractivity contribution < 1.29 is 4.42 Å². The number of aromatic nitrogens is 1. The van der Waals surface area contributed by atoms with Crippen molar-refractivity contribution in [2.24, 2.45) is 0 Å².